The number of nitrogens with one attached hydrogen (secondary N) is 2. The number of aliphatic hydroxyl groups is 1. The standard InChI is InChI=1S/C14H22N2O2/c1-3-11-6-7-13(10-12(11)4-2)16-14(18)15-8-5-9-17/h6-7,10,17H,3-5,8-9H2,1-2H3,(H2,15,16,18). The highest BCUT2D eigenvalue weighted by molar-refractivity contribution is 5.89. The number of anilines is 1. The lowest BCUT2D eigenvalue weighted by molar-refractivity contribution is 0.249. The van der Waals surface area contributed by atoms with Gasteiger partial charge in [-0.25, -0.2) is 4.79 Å². The number of carbonyl (C=O) groups excluding carboxylic acids is 1. The van der Waals surface area contributed by atoms with E-state index in [4.69, 9.17) is 5.11 Å². The van der Waals surface area contributed by atoms with E-state index >= 15 is 0 Å². The molecule has 100 valence electrons. The second-order valence-corrected chi connectivity index (χ2v) is 4.15. The van der Waals surface area contributed by atoms with Crippen molar-refractivity contribution >= 4 is 11.7 Å². The number of benzene rings is 1. The normalized spacial score (nSPS) is 10.2. The molecule has 0 unspecified atom stereocenters. The van der Waals surface area contributed by atoms with Gasteiger partial charge in [0.15, 0.2) is 0 Å². The summed E-state index contributed by atoms with van der Waals surface area (Å²) in [6.45, 7) is 4.81. The number of carbonyl (C=O) groups is 1. The Morgan fingerprint density at radius 1 is 1.22 bits per heavy atom. The van der Waals surface area contributed by atoms with Crippen LogP contribution in [-0.4, -0.2) is 24.3 Å². The van der Waals surface area contributed by atoms with E-state index in [0.717, 1.165) is 18.5 Å². The molecule has 0 bridgehead atoms. The van der Waals surface area contributed by atoms with Gasteiger partial charge in [0.25, 0.3) is 0 Å². The van der Waals surface area contributed by atoms with Crippen molar-refractivity contribution in [1.29, 1.82) is 0 Å². The van der Waals surface area contributed by atoms with Crippen molar-refractivity contribution in [3.63, 3.8) is 0 Å². The van der Waals surface area contributed by atoms with Gasteiger partial charge in [0.2, 0.25) is 0 Å². The largest absolute Gasteiger partial charge is 0.396 e. The first-order valence-corrected chi connectivity index (χ1v) is 6.48. The number of aryl methyl sites for hydroxylation is 2. The predicted molar refractivity (Wildman–Crippen MR) is 73.9 cm³/mol. The molecular weight excluding hydrogens is 228 g/mol. The van der Waals surface area contributed by atoms with Crippen LogP contribution in [0.3, 0.4) is 0 Å². The van der Waals surface area contributed by atoms with Gasteiger partial charge in [0.1, 0.15) is 0 Å². The maximum atomic E-state index is 11.5. The number of rotatable bonds is 6. The van der Waals surface area contributed by atoms with E-state index < -0.39 is 0 Å². The zero-order chi connectivity index (χ0) is 13.4. The fraction of sp³-hybridized carbons (Fsp3) is 0.500. The summed E-state index contributed by atoms with van der Waals surface area (Å²) in [4.78, 5) is 11.5. The molecule has 0 aliphatic carbocycles. The molecule has 3 N–H and O–H groups in total. The minimum absolute atomic E-state index is 0.0887. The van der Waals surface area contributed by atoms with Crippen molar-refractivity contribution in [1.82, 2.24) is 5.32 Å². The topological polar surface area (TPSA) is 61.4 Å². The third-order valence-electron chi connectivity index (χ3n) is 2.85. The Morgan fingerprint density at radius 3 is 2.56 bits per heavy atom. The van der Waals surface area contributed by atoms with Gasteiger partial charge in [-0.3, -0.25) is 0 Å². The first-order chi connectivity index (χ1) is 8.71. The Hall–Kier alpha value is -1.55. The monoisotopic (exact) mass is 250 g/mol. The van der Waals surface area contributed by atoms with Crippen molar-refractivity contribution in [3.8, 4) is 0 Å². The maximum absolute atomic E-state index is 11.5. The fourth-order valence-electron chi connectivity index (χ4n) is 1.83. The van der Waals surface area contributed by atoms with Crippen LogP contribution in [0.2, 0.25) is 0 Å². The van der Waals surface area contributed by atoms with Crippen molar-refractivity contribution in [2.75, 3.05) is 18.5 Å². The Balaban J connectivity index is 2.59. The summed E-state index contributed by atoms with van der Waals surface area (Å²) >= 11 is 0. The number of urea groups is 1. The highest BCUT2D eigenvalue weighted by atomic mass is 16.3. The van der Waals surface area contributed by atoms with Crippen LogP contribution in [0.1, 0.15) is 31.4 Å². The van der Waals surface area contributed by atoms with E-state index in [1.807, 2.05) is 12.1 Å². The van der Waals surface area contributed by atoms with Crippen LogP contribution in [0.25, 0.3) is 0 Å². The average Bonchev–Trinajstić information content (AvgIpc) is 2.39. The van der Waals surface area contributed by atoms with Crippen LogP contribution in [-0.2, 0) is 12.8 Å². The lowest BCUT2D eigenvalue weighted by Crippen LogP contribution is -2.29. The number of amides is 2. The number of hydrogen-bond donors (Lipinski definition) is 3. The Kier molecular flexibility index (Phi) is 6.22. The van der Waals surface area contributed by atoms with Gasteiger partial charge in [-0.05, 0) is 42.5 Å². The molecule has 0 aliphatic rings. The van der Waals surface area contributed by atoms with Crippen molar-refractivity contribution in [2.24, 2.45) is 0 Å². The molecule has 1 aromatic carbocycles. The summed E-state index contributed by atoms with van der Waals surface area (Å²) in [7, 11) is 0. The van der Waals surface area contributed by atoms with Crippen molar-refractivity contribution < 1.29 is 9.90 Å². The quantitative estimate of drug-likeness (QED) is 0.678. The van der Waals surface area contributed by atoms with E-state index in [-0.39, 0.29) is 12.6 Å². The lowest BCUT2D eigenvalue weighted by Gasteiger charge is -2.11. The fourth-order valence-corrected chi connectivity index (χ4v) is 1.83. The highest BCUT2D eigenvalue weighted by Gasteiger charge is 2.04. The molecule has 0 radical (unpaired) electrons. The van der Waals surface area contributed by atoms with Crippen molar-refractivity contribution in [3.05, 3.63) is 29.3 Å². The molecule has 1 aromatic rings. The lowest BCUT2D eigenvalue weighted by atomic mass is 10.0. The predicted octanol–water partition coefficient (Wildman–Crippen LogP) is 2.32. The molecule has 2 amide bonds. The summed E-state index contributed by atoms with van der Waals surface area (Å²) in [5, 5.41) is 14.1. The SMILES string of the molecule is CCc1ccc(NC(=O)NCCCO)cc1CC. The van der Waals surface area contributed by atoms with E-state index in [1.165, 1.54) is 11.1 Å². The molecular formula is C14H22N2O2. The van der Waals surface area contributed by atoms with E-state index in [2.05, 4.69) is 30.5 Å². The Morgan fingerprint density at radius 2 is 1.94 bits per heavy atom. The van der Waals surface area contributed by atoms with Crippen LogP contribution in [0.5, 0.6) is 0 Å². The van der Waals surface area contributed by atoms with Crippen LogP contribution in [0, 0.1) is 0 Å². The molecule has 1 rings (SSSR count). The summed E-state index contributed by atoms with van der Waals surface area (Å²) in [6, 6.07) is 5.77. The van der Waals surface area contributed by atoms with Crippen LogP contribution in [0.4, 0.5) is 10.5 Å². The van der Waals surface area contributed by atoms with Gasteiger partial charge in [-0.2, -0.15) is 0 Å². The third-order valence-corrected chi connectivity index (χ3v) is 2.85. The first kappa shape index (κ1) is 14.5. The van der Waals surface area contributed by atoms with Gasteiger partial charge in [-0.1, -0.05) is 19.9 Å². The first-order valence-electron chi connectivity index (χ1n) is 6.48. The van der Waals surface area contributed by atoms with E-state index in [1.54, 1.807) is 0 Å². The van der Waals surface area contributed by atoms with Crippen LogP contribution >= 0.6 is 0 Å². The van der Waals surface area contributed by atoms with Crippen LogP contribution in [0.15, 0.2) is 18.2 Å². The molecule has 0 aliphatic heterocycles. The molecule has 0 spiro atoms. The molecule has 0 saturated carbocycles. The summed E-state index contributed by atoms with van der Waals surface area (Å²) in [6.07, 6.45) is 2.54. The summed E-state index contributed by atoms with van der Waals surface area (Å²) in [5.74, 6) is 0. The highest BCUT2D eigenvalue weighted by Crippen LogP contribution is 2.17. The third kappa shape index (κ3) is 4.37. The smallest absolute Gasteiger partial charge is 0.319 e. The van der Waals surface area contributed by atoms with Gasteiger partial charge < -0.3 is 15.7 Å². The second kappa shape index (κ2) is 7.71. The summed E-state index contributed by atoms with van der Waals surface area (Å²) < 4.78 is 0. The minimum Gasteiger partial charge on any atom is -0.396 e. The number of aliphatic hydroxyl groups excluding tert-OH is 1. The van der Waals surface area contributed by atoms with Gasteiger partial charge in [0.05, 0.1) is 0 Å². The Labute approximate surface area is 108 Å². The van der Waals surface area contributed by atoms with E-state index in [0.29, 0.717) is 13.0 Å². The molecule has 18 heavy (non-hydrogen) atoms. The van der Waals surface area contributed by atoms with E-state index in [9.17, 15) is 4.79 Å². The molecule has 0 fully saturated rings. The van der Waals surface area contributed by atoms with Crippen molar-refractivity contribution in [2.45, 2.75) is 33.1 Å². The van der Waals surface area contributed by atoms with Gasteiger partial charge in [-0.15, -0.1) is 0 Å². The second-order valence-electron chi connectivity index (χ2n) is 4.15. The summed E-state index contributed by atoms with van der Waals surface area (Å²) in [5.41, 5.74) is 3.40. The zero-order valence-corrected chi connectivity index (χ0v) is 11.1. The number of hydrogen-bond acceptors (Lipinski definition) is 2. The van der Waals surface area contributed by atoms with Gasteiger partial charge >= 0.3 is 6.03 Å². The molecule has 0 atom stereocenters. The zero-order valence-electron chi connectivity index (χ0n) is 11.1. The van der Waals surface area contributed by atoms with Crippen LogP contribution < -0.4 is 10.6 Å². The maximum Gasteiger partial charge on any atom is 0.319 e. The minimum atomic E-state index is -0.227. The van der Waals surface area contributed by atoms with Gasteiger partial charge in [0, 0.05) is 18.8 Å². The Bertz CT molecular complexity index is 391. The molecule has 4 heteroatoms. The molecule has 0 heterocycles. The molecule has 0 saturated heterocycles. The average molecular weight is 250 g/mol. The molecule has 0 aromatic heterocycles. The molecule has 4 nitrogen and oxygen atoms in total.